The van der Waals surface area contributed by atoms with Crippen LogP contribution >= 0.6 is 0 Å². The van der Waals surface area contributed by atoms with Crippen molar-refractivity contribution in [3.05, 3.63) is 0 Å². The van der Waals surface area contributed by atoms with Crippen LogP contribution in [0.5, 0.6) is 0 Å². The molecule has 0 unspecified atom stereocenters. The van der Waals surface area contributed by atoms with Crippen molar-refractivity contribution in [1.29, 1.82) is 0 Å². The van der Waals surface area contributed by atoms with Gasteiger partial charge in [-0.3, -0.25) is 4.79 Å². The van der Waals surface area contributed by atoms with Gasteiger partial charge in [0.15, 0.2) is 5.84 Å². The van der Waals surface area contributed by atoms with Gasteiger partial charge in [-0.15, -0.1) is 0 Å². The van der Waals surface area contributed by atoms with E-state index in [1.165, 1.54) is 19.3 Å². The van der Waals surface area contributed by atoms with E-state index in [4.69, 9.17) is 10.9 Å². The summed E-state index contributed by atoms with van der Waals surface area (Å²) in [6.07, 6.45) is 10.3. The molecule has 0 aromatic carbocycles. The fourth-order valence-electron chi connectivity index (χ4n) is 3.58. The minimum Gasteiger partial charge on any atom is -0.409 e. The predicted molar refractivity (Wildman–Crippen MR) is 78.6 cm³/mol. The van der Waals surface area contributed by atoms with E-state index in [0.29, 0.717) is 0 Å². The van der Waals surface area contributed by atoms with Gasteiger partial charge in [-0.25, -0.2) is 0 Å². The Kier molecular flexibility index (Phi) is 5.26. The third-order valence-corrected chi connectivity index (χ3v) is 4.86. The van der Waals surface area contributed by atoms with Gasteiger partial charge in [-0.1, -0.05) is 43.7 Å². The van der Waals surface area contributed by atoms with E-state index in [1.54, 1.807) is 0 Å². The minimum atomic E-state index is -0.744. The molecule has 0 aromatic heterocycles. The van der Waals surface area contributed by atoms with Crippen molar-refractivity contribution in [3.8, 4) is 0 Å². The van der Waals surface area contributed by atoms with Gasteiger partial charge >= 0.3 is 0 Å². The van der Waals surface area contributed by atoms with E-state index >= 15 is 0 Å². The van der Waals surface area contributed by atoms with Crippen LogP contribution in [0.1, 0.15) is 64.2 Å². The standard InChI is InChI=1S/C15H27N3O2/c16-13(17-20)15(9-5-4-6-10-15)14(19)18-11-7-2-1-3-8-12-18/h20H,1-12H2,(H2,16,17). The first-order valence-corrected chi connectivity index (χ1v) is 7.98. The molecule has 1 amide bonds. The van der Waals surface area contributed by atoms with Crippen LogP contribution in [0.25, 0.3) is 0 Å². The Hall–Kier alpha value is -1.26. The van der Waals surface area contributed by atoms with E-state index in [1.807, 2.05) is 4.90 Å². The molecule has 0 spiro atoms. The van der Waals surface area contributed by atoms with Gasteiger partial charge in [0.05, 0.1) is 0 Å². The number of likely N-dealkylation sites (tertiary alicyclic amines) is 1. The Labute approximate surface area is 121 Å². The molecule has 114 valence electrons. The zero-order valence-corrected chi connectivity index (χ0v) is 12.3. The average molecular weight is 281 g/mol. The largest absolute Gasteiger partial charge is 0.409 e. The molecule has 0 aromatic rings. The van der Waals surface area contributed by atoms with Crippen molar-refractivity contribution in [1.82, 2.24) is 4.90 Å². The summed E-state index contributed by atoms with van der Waals surface area (Å²) in [5, 5.41) is 12.3. The Morgan fingerprint density at radius 3 is 2.00 bits per heavy atom. The molecular formula is C15H27N3O2. The van der Waals surface area contributed by atoms with Crippen molar-refractivity contribution in [2.45, 2.75) is 64.2 Å². The van der Waals surface area contributed by atoms with Gasteiger partial charge in [0.2, 0.25) is 5.91 Å². The lowest BCUT2D eigenvalue weighted by Crippen LogP contribution is -2.53. The maximum atomic E-state index is 13.0. The van der Waals surface area contributed by atoms with Gasteiger partial charge in [0.1, 0.15) is 5.41 Å². The number of hydrogen-bond donors (Lipinski definition) is 2. The van der Waals surface area contributed by atoms with E-state index in [2.05, 4.69) is 5.16 Å². The number of nitrogens with zero attached hydrogens (tertiary/aromatic N) is 2. The van der Waals surface area contributed by atoms with Gasteiger partial charge < -0.3 is 15.8 Å². The summed E-state index contributed by atoms with van der Waals surface area (Å²) in [5.41, 5.74) is 5.17. The minimum absolute atomic E-state index is 0.0920. The van der Waals surface area contributed by atoms with Crippen LogP contribution in [-0.2, 0) is 4.79 Å². The first kappa shape index (κ1) is 15.1. The van der Waals surface area contributed by atoms with Crippen LogP contribution < -0.4 is 5.73 Å². The number of oxime groups is 1. The van der Waals surface area contributed by atoms with Gasteiger partial charge in [0, 0.05) is 13.1 Å². The molecule has 20 heavy (non-hydrogen) atoms. The molecule has 1 aliphatic carbocycles. The molecule has 1 saturated heterocycles. The number of carbonyl (C=O) groups is 1. The summed E-state index contributed by atoms with van der Waals surface area (Å²) in [7, 11) is 0. The first-order chi connectivity index (χ1) is 9.70. The summed E-state index contributed by atoms with van der Waals surface area (Å²) in [6, 6.07) is 0. The van der Waals surface area contributed by atoms with Crippen LogP contribution in [0, 0.1) is 5.41 Å². The zero-order chi connectivity index (χ0) is 14.4. The zero-order valence-electron chi connectivity index (χ0n) is 12.3. The number of nitrogens with two attached hydrogens (primary N) is 1. The highest BCUT2D eigenvalue weighted by molar-refractivity contribution is 6.06. The molecule has 2 aliphatic rings. The molecule has 0 atom stereocenters. The number of hydrogen-bond acceptors (Lipinski definition) is 3. The summed E-state index contributed by atoms with van der Waals surface area (Å²) in [5.74, 6) is 0.207. The smallest absolute Gasteiger partial charge is 0.236 e. The summed E-state index contributed by atoms with van der Waals surface area (Å²) < 4.78 is 0. The van der Waals surface area contributed by atoms with Gasteiger partial charge in [-0.05, 0) is 25.7 Å². The lowest BCUT2D eigenvalue weighted by atomic mass is 9.72. The predicted octanol–water partition coefficient (Wildman–Crippen LogP) is 2.48. The highest BCUT2D eigenvalue weighted by Gasteiger charge is 2.45. The first-order valence-electron chi connectivity index (χ1n) is 7.98. The lowest BCUT2D eigenvalue weighted by Gasteiger charge is -2.39. The molecule has 1 saturated carbocycles. The second-order valence-electron chi connectivity index (χ2n) is 6.19. The molecule has 5 heteroatoms. The van der Waals surface area contributed by atoms with E-state index in [9.17, 15) is 4.79 Å². The lowest BCUT2D eigenvalue weighted by molar-refractivity contribution is -0.140. The highest BCUT2D eigenvalue weighted by Crippen LogP contribution is 2.38. The second-order valence-corrected chi connectivity index (χ2v) is 6.19. The van der Waals surface area contributed by atoms with Crippen molar-refractivity contribution >= 4 is 11.7 Å². The quantitative estimate of drug-likeness (QED) is 0.353. The molecule has 1 heterocycles. The molecule has 3 N–H and O–H groups in total. The molecular weight excluding hydrogens is 254 g/mol. The van der Waals surface area contributed by atoms with Crippen molar-refractivity contribution in [2.75, 3.05) is 13.1 Å². The van der Waals surface area contributed by atoms with Gasteiger partial charge in [0.25, 0.3) is 0 Å². The van der Waals surface area contributed by atoms with Gasteiger partial charge in [-0.2, -0.15) is 0 Å². The summed E-state index contributed by atoms with van der Waals surface area (Å²) >= 11 is 0. The van der Waals surface area contributed by atoms with E-state index < -0.39 is 5.41 Å². The Morgan fingerprint density at radius 2 is 1.45 bits per heavy atom. The van der Waals surface area contributed by atoms with Crippen molar-refractivity contribution < 1.29 is 10.0 Å². The Morgan fingerprint density at radius 1 is 0.950 bits per heavy atom. The summed E-state index contributed by atoms with van der Waals surface area (Å²) in [6.45, 7) is 1.64. The number of carbonyl (C=O) groups excluding carboxylic acids is 1. The average Bonchev–Trinajstić information content (AvgIpc) is 2.46. The third-order valence-electron chi connectivity index (χ3n) is 4.86. The van der Waals surface area contributed by atoms with Crippen LogP contribution in [0.15, 0.2) is 5.16 Å². The number of amides is 1. The monoisotopic (exact) mass is 281 g/mol. The Bertz CT molecular complexity index is 354. The van der Waals surface area contributed by atoms with Crippen LogP contribution in [0.3, 0.4) is 0 Å². The maximum Gasteiger partial charge on any atom is 0.236 e. The normalized spacial score (nSPS) is 24.8. The second kappa shape index (κ2) is 6.95. The molecule has 1 aliphatic heterocycles. The van der Waals surface area contributed by atoms with E-state index in [0.717, 1.165) is 58.0 Å². The topological polar surface area (TPSA) is 78.9 Å². The SMILES string of the molecule is NC(=NO)C1(C(=O)N2CCCCCCC2)CCCCC1. The van der Waals surface area contributed by atoms with Crippen LogP contribution in [0.4, 0.5) is 0 Å². The van der Waals surface area contributed by atoms with E-state index in [-0.39, 0.29) is 11.7 Å². The fourth-order valence-corrected chi connectivity index (χ4v) is 3.58. The molecule has 2 rings (SSSR count). The third kappa shape index (κ3) is 3.07. The number of amidine groups is 1. The fraction of sp³-hybridized carbons (Fsp3) is 0.867. The summed E-state index contributed by atoms with van der Waals surface area (Å²) in [4.78, 5) is 15.0. The number of rotatable bonds is 2. The van der Waals surface area contributed by atoms with Crippen molar-refractivity contribution in [3.63, 3.8) is 0 Å². The van der Waals surface area contributed by atoms with Crippen LogP contribution in [0.2, 0.25) is 0 Å². The molecule has 0 radical (unpaired) electrons. The molecule has 2 fully saturated rings. The molecule has 5 nitrogen and oxygen atoms in total. The van der Waals surface area contributed by atoms with Crippen LogP contribution in [-0.4, -0.2) is 34.9 Å². The molecule has 0 bridgehead atoms. The van der Waals surface area contributed by atoms with Crippen molar-refractivity contribution in [2.24, 2.45) is 16.3 Å². The highest BCUT2D eigenvalue weighted by atomic mass is 16.4. The Balaban J connectivity index is 2.16. The maximum absolute atomic E-state index is 13.0.